The van der Waals surface area contributed by atoms with Crippen LogP contribution in [-0.4, -0.2) is 15.3 Å². The van der Waals surface area contributed by atoms with E-state index in [9.17, 15) is 0 Å². The Hall–Kier alpha value is -1.51. The highest BCUT2D eigenvalue weighted by molar-refractivity contribution is 5.82. The zero-order valence-corrected chi connectivity index (χ0v) is 8.13. The lowest BCUT2D eigenvalue weighted by Crippen LogP contribution is -1.68. The molecule has 70 valence electrons. The first-order valence-corrected chi connectivity index (χ1v) is 4.41. The smallest absolute Gasteiger partial charge is 0.117 e. The van der Waals surface area contributed by atoms with Gasteiger partial charge in [-0.05, 0) is 19.1 Å². The predicted molar refractivity (Wildman–Crippen MR) is 53.8 cm³/mol. The van der Waals surface area contributed by atoms with E-state index < -0.39 is 0 Å². The van der Waals surface area contributed by atoms with Gasteiger partial charge in [0.25, 0.3) is 0 Å². The summed E-state index contributed by atoms with van der Waals surface area (Å²) in [6, 6.07) is 5.15. The van der Waals surface area contributed by atoms with Crippen LogP contribution in [0.3, 0.4) is 0 Å². The number of fused-ring (bicyclic) bond motifs is 1. The number of nitrogens with one attached hydrogen (secondary N) is 1. The average Bonchev–Trinajstić information content (AvgIpc) is 2.51. The Labute approximate surface area is 77.4 Å². The molecule has 2 aromatic rings. The van der Waals surface area contributed by atoms with Gasteiger partial charge in [-0.15, -0.1) is 0 Å². The lowest BCUT2D eigenvalue weighted by Gasteiger charge is -1.89. The summed E-state index contributed by atoms with van der Waals surface area (Å²) in [5.41, 5.74) is 1.84. The topological polar surface area (TPSA) is 48.9 Å². The number of aromatic hydroxyl groups is 1. The van der Waals surface area contributed by atoms with Crippen LogP contribution in [0.5, 0.6) is 5.75 Å². The van der Waals surface area contributed by atoms with Crippen LogP contribution >= 0.6 is 0 Å². The second kappa shape index (κ2) is 3.94. The molecule has 0 atom stereocenters. The fraction of sp³-hybridized carbons (Fsp3) is 0.300. The van der Waals surface area contributed by atoms with Crippen LogP contribution in [0, 0.1) is 6.92 Å². The molecule has 0 aliphatic heterocycles. The van der Waals surface area contributed by atoms with Crippen LogP contribution in [-0.2, 0) is 0 Å². The highest BCUT2D eigenvalue weighted by Gasteiger charge is 1.99. The Morgan fingerprint density at radius 2 is 2.00 bits per heavy atom. The lowest BCUT2D eigenvalue weighted by atomic mass is 10.2. The highest BCUT2D eigenvalue weighted by Crippen LogP contribution is 2.19. The maximum atomic E-state index is 9.09. The van der Waals surface area contributed by atoms with Crippen LogP contribution in [0.2, 0.25) is 0 Å². The van der Waals surface area contributed by atoms with Crippen LogP contribution in [0.1, 0.15) is 19.5 Å². The molecule has 0 bridgehead atoms. The molecule has 0 fully saturated rings. The minimum absolute atomic E-state index is 0.254. The molecule has 1 aromatic carbocycles. The predicted octanol–water partition coefficient (Wildman–Crippen LogP) is 2.60. The Balaban J connectivity index is 0.000000396. The van der Waals surface area contributed by atoms with E-state index in [4.69, 9.17) is 5.11 Å². The van der Waals surface area contributed by atoms with E-state index in [0.717, 1.165) is 16.6 Å². The molecule has 0 unspecified atom stereocenters. The van der Waals surface area contributed by atoms with Gasteiger partial charge in [0.2, 0.25) is 0 Å². The minimum atomic E-state index is 0.254. The van der Waals surface area contributed by atoms with E-state index in [1.165, 1.54) is 0 Å². The average molecular weight is 178 g/mol. The minimum Gasteiger partial charge on any atom is -0.508 e. The van der Waals surface area contributed by atoms with Gasteiger partial charge in [0.15, 0.2) is 0 Å². The Morgan fingerprint density at radius 3 is 2.69 bits per heavy atom. The van der Waals surface area contributed by atoms with E-state index in [0.29, 0.717) is 0 Å². The van der Waals surface area contributed by atoms with Crippen molar-refractivity contribution in [2.24, 2.45) is 0 Å². The summed E-state index contributed by atoms with van der Waals surface area (Å²) in [5.74, 6) is 0.254. The molecule has 0 aliphatic rings. The summed E-state index contributed by atoms with van der Waals surface area (Å²) in [4.78, 5) is 0. The van der Waals surface area contributed by atoms with Gasteiger partial charge in [-0.1, -0.05) is 13.8 Å². The summed E-state index contributed by atoms with van der Waals surface area (Å²) in [6.45, 7) is 5.95. The molecule has 1 heterocycles. The molecular weight excluding hydrogens is 164 g/mol. The first-order chi connectivity index (χ1) is 6.27. The van der Waals surface area contributed by atoms with Gasteiger partial charge in [0, 0.05) is 17.1 Å². The van der Waals surface area contributed by atoms with Crippen molar-refractivity contribution in [1.29, 1.82) is 0 Å². The van der Waals surface area contributed by atoms with Gasteiger partial charge in [0.1, 0.15) is 5.75 Å². The largest absolute Gasteiger partial charge is 0.508 e. The Morgan fingerprint density at radius 1 is 1.31 bits per heavy atom. The monoisotopic (exact) mass is 178 g/mol. The van der Waals surface area contributed by atoms with E-state index in [-0.39, 0.29) is 5.75 Å². The quantitative estimate of drug-likeness (QED) is 0.651. The third-order valence-corrected chi connectivity index (χ3v) is 1.73. The number of phenols is 1. The number of hydrogen-bond acceptors (Lipinski definition) is 2. The second-order valence-electron chi connectivity index (χ2n) is 2.55. The van der Waals surface area contributed by atoms with E-state index >= 15 is 0 Å². The van der Waals surface area contributed by atoms with Crippen molar-refractivity contribution in [2.75, 3.05) is 0 Å². The molecule has 0 spiro atoms. The number of aromatic amines is 1. The van der Waals surface area contributed by atoms with Crippen LogP contribution < -0.4 is 0 Å². The third-order valence-electron chi connectivity index (χ3n) is 1.73. The number of rotatable bonds is 0. The summed E-state index contributed by atoms with van der Waals surface area (Å²) in [6.07, 6.45) is 0. The van der Waals surface area contributed by atoms with Gasteiger partial charge in [-0.3, -0.25) is 5.10 Å². The Kier molecular flexibility index (Phi) is 2.90. The van der Waals surface area contributed by atoms with Gasteiger partial charge in [-0.25, -0.2) is 0 Å². The molecule has 1 aromatic heterocycles. The first kappa shape index (κ1) is 9.58. The number of phenolic OH excluding ortho intramolecular Hbond substituents is 1. The molecule has 3 heteroatoms. The van der Waals surface area contributed by atoms with Crippen molar-refractivity contribution in [2.45, 2.75) is 20.8 Å². The lowest BCUT2D eigenvalue weighted by molar-refractivity contribution is 0.476. The molecule has 2 N–H and O–H groups in total. The number of aromatic nitrogens is 2. The summed E-state index contributed by atoms with van der Waals surface area (Å²) >= 11 is 0. The fourth-order valence-corrected chi connectivity index (χ4v) is 1.13. The van der Waals surface area contributed by atoms with Crippen molar-refractivity contribution in [3.8, 4) is 5.75 Å². The number of hydrogen-bond donors (Lipinski definition) is 2. The summed E-state index contributed by atoms with van der Waals surface area (Å²) < 4.78 is 0. The molecule has 3 nitrogen and oxygen atoms in total. The molecule has 13 heavy (non-hydrogen) atoms. The van der Waals surface area contributed by atoms with Gasteiger partial charge in [-0.2, -0.15) is 5.10 Å². The van der Waals surface area contributed by atoms with Gasteiger partial charge in [0.05, 0.1) is 5.52 Å². The molecular formula is C10H14N2O. The first-order valence-electron chi connectivity index (χ1n) is 4.41. The van der Waals surface area contributed by atoms with Crippen LogP contribution in [0.15, 0.2) is 18.2 Å². The molecule has 0 saturated heterocycles. The van der Waals surface area contributed by atoms with E-state index in [2.05, 4.69) is 10.2 Å². The zero-order valence-electron chi connectivity index (χ0n) is 8.13. The molecule has 0 amide bonds. The van der Waals surface area contributed by atoms with Crippen molar-refractivity contribution >= 4 is 10.9 Å². The van der Waals surface area contributed by atoms with Crippen molar-refractivity contribution in [3.05, 3.63) is 23.9 Å². The summed E-state index contributed by atoms with van der Waals surface area (Å²) in [7, 11) is 0. The van der Waals surface area contributed by atoms with Crippen molar-refractivity contribution in [3.63, 3.8) is 0 Å². The number of benzene rings is 1. The maximum Gasteiger partial charge on any atom is 0.117 e. The number of nitrogens with zero attached hydrogens (tertiary/aromatic N) is 1. The molecule has 0 aliphatic carbocycles. The van der Waals surface area contributed by atoms with Crippen LogP contribution in [0.4, 0.5) is 0 Å². The molecule has 0 radical (unpaired) electrons. The van der Waals surface area contributed by atoms with E-state index in [1.54, 1.807) is 12.1 Å². The third kappa shape index (κ3) is 1.80. The summed E-state index contributed by atoms with van der Waals surface area (Å²) in [5, 5.41) is 17.0. The molecule has 2 rings (SSSR count). The fourth-order valence-electron chi connectivity index (χ4n) is 1.13. The number of aryl methyl sites for hydroxylation is 1. The van der Waals surface area contributed by atoms with Gasteiger partial charge < -0.3 is 5.11 Å². The van der Waals surface area contributed by atoms with Crippen molar-refractivity contribution in [1.82, 2.24) is 10.2 Å². The second-order valence-corrected chi connectivity index (χ2v) is 2.55. The SMILES string of the molecule is CC.Cc1[nH]nc2cc(O)ccc12. The van der Waals surface area contributed by atoms with E-state index in [1.807, 2.05) is 26.8 Å². The maximum absolute atomic E-state index is 9.09. The van der Waals surface area contributed by atoms with Crippen molar-refractivity contribution < 1.29 is 5.11 Å². The standard InChI is InChI=1S/C8H8N2O.C2H6/c1-5-7-3-2-6(11)4-8(7)10-9-5;1-2/h2-4,11H,1H3,(H,9,10);1-2H3. The highest BCUT2D eigenvalue weighted by atomic mass is 16.3. The number of H-pyrrole nitrogens is 1. The normalized spacial score (nSPS) is 9.46. The Bertz CT molecular complexity index is 393. The zero-order chi connectivity index (χ0) is 9.84. The van der Waals surface area contributed by atoms with Gasteiger partial charge >= 0.3 is 0 Å². The molecule has 0 saturated carbocycles. The van der Waals surface area contributed by atoms with Crippen LogP contribution in [0.25, 0.3) is 10.9 Å².